The summed E-state index contributed by atoms with van der Waals surface area (Å²) in [7, 11) is 12.0. The smallest absolute Gasteiger partial charge is 0.450 e. The number of carbonyl (C=O) groups is 2. The minimum atomic E-state index is -1.21. The van der Waals surface area contributed by atoms with Gasteiger partial charge in [0.05, 0.1) is 13.2 Å². The quantitative estimate of drug-likeness (QED) is 0.744. The lowest BCUT2D eigenvalue weighted by atomic mass is 10.9. The van der Waals surface area contributed by atoms with Crippen LogP contribution in [-0.2, 0) is 9.47 Å². The van der Waals surface area contributed by atoms with Crippen LogP contribution in [0.15, 0.2) is 0 Å². The van der Waals surface area contributed by atoms with Crippen LogP contribution < -0.4 is 0 Å². The average Bonchev–Trinajstić information content (AvgIpc) is 2.15. The molecule has 0 spiro atoms. The number of nitrogens with zero attached hydrogens (tertiary/aromatic N) is 2. The molecular formula is C12H30N2O6. The summed E-state index contributed by atoms with van der Waals surface area (Å²) in [6.07, 6.45) is -2.42. The van der Waals surface area contributed by atoms with Crippen LogP contribution >= 0.6 is 0 Å². The molecule has 8 heteroatoms. The number of hydrogen-bond acceptors (Lipinski definition) is 6. The second-order valence-electron chi connectivity index (χ2n) is 4.08. The summed E-state index contributed by atoms with van der Waals surface area (Å²) in [5.74, 6) is 0. The van der Waals surface area contributed by atoms with Gasteiger partial charge in [-0.05, 0) is 56.1 Å². The van der Waals surface area contributed by atoms with Crippen LogP contribution in [0.5, 0.6) is 0 Å². The fraction of sp³-hybridized carbons (Fsp3) is 0.833. The average molecular weight is 298 g/mol. The fourth-order valence-electron chi connectivity index (χ4n) is 0.247. The molecule has 0 saturated heterocycles. The van der Waals surface area contributed by atoms with E-state index in [1.807, 2.05) is 52.1 Å². The Labute approximate surface area is 121 Å². The predicted molar refractivity (Wildman–Crippen MR) is 78.5 cm³/mol. The van der Waals surface area contributed by atoms with E-state index in [2.05, 4.69) is 9.47 Å². The molecule has 0 aliphatic carbocycles. The standard InChI is InChI=1S/2C3H9N.2C3H6O3/c2*1-4(2)3;2*1-2-6-3(4)5/h2*1-3H3;2*2H2,1H3,(H,4,5). The summed E-state index contributed by atoms with van der Waals surface area (Å²) in [5, 5.41) is 15.4. The van der Waals surface area contributed by atoms with Crippen molar-refractivity contribution in [2.45, 2.75) is 13.8 Å². The van der Waals surface area contributed by atoms with E-state index in [0.29, 0.717) is 0 Å². The van der Waals surface area contributed by atoms with Crippen LogP contribution in [0.3, 0.4) is 0 Å². The predicted octanol–water partition coefficient (Wildman–Crippen LogP) is 1.76. The summed E-state index contributed by atoms with van der Waals surface area (Å²) >= 11 is 0. The van der Waals surface area contributed by atoms with Crippen LogP contribution in [0.2, 0.25) is 0 Å². The van der Waals surface area contributed by atoms with E-state index in [1.54, 1.807) is 13.8 Å². The maximum atomic E-state index is 9.38. The van der Waals surface area contributed by atoms with Crippen molar-refractivity contribution in [3.05, 3.63) is 0 Å². The summed E-state index contributed by atoms with van der Waals surface area (Å²) < 4.78 is 7.92. The molecule has 0 bridgehead atoms. The van der Waals surface area contributed by atoms with Crippen molar-refractivity contribution in [3.8, 4) is 0 Å². The number of hydrogen-bond donors (Lipinski definition) is 2. The Morgan fingerprint density at radius 2 is 0.900 bits per heavy atom. The first-order valence-electron chi connectivity index (χ1n) is 5.94. The van der Waals surface area contributed by atoms with Gasteiger partial charge in [0, 0.05) is 0 Å². The summed E-state index contributed by atoms with van der Waals surface area (Å²) in [4.78, 5) is 22.8. The van der Waals surface area contributed by atoms with Crippen molar-refractivity contribution in [3.63, 3.8) is 0 Å². The van der Waals surface area contributed by atoms with E-state index in [-0.39, 0.29) is 13.2 Å². The molecule has 0 aromatic rings. The highest BCUT2D eigenvalue weighted by molar-refractivity contribution is 5.56. The van der Waals surface area contributed by atoms with Gasteiger partial charge in [0.25, 0.3) is 0 Å². The van der Waals surface area contributed by atoms with E-state index in [9.17, 15) is 9.59 Å². The van der Waals surface area contributed by atoms with Crippen molar-refractivity contribution in [1.29, 1.82) is 0 Å². The highest BCUT2D eigenvalue weighted by Gasteiger charge is 1.86. The van der Waals surface area contributed by atoms with Gasteiger partial charge in [-0.15, -0.1) is 0 Å². The molecule has 0 saturated carbocycles. The van der Waals surface area contributed by atoms with Gasteiger partial charge in [-0.25, -0.2) is 9.59 Å². The Kier molecular flexibility index (Phi) is 30.4. The van der Waals surface area contributed by atoms with E-state index in [0.717, 1.165) is 0 Å². The lowest BCUT2D eigenvalue weighted by molar-refractivity contribution is 0.0953. The van der Waals surface area contributed by atoms with Crippen molar-refractivity contribution in [2.75, 3.05) is 55.5 Å². The Balaban J connectivity index is -0.0000000871. The summed E-state index contributed by atoms with van der Waals surface area (Å²) in [6, 6.07) is 0. The Hall–Kier alpha value is -1.54. The van der Waals surface area contributed by atoms with Crippen molar-refractivity contribution < 1.29 is 29.3 Å². The van der Waals surface area contributed by atoms with Gasteiger partial charge in [-0.1, -0.05) is 0 Å². The molecule has 0 aliphatic heterocycles. The highest BCUT2D eigenvalue weighted by atomic mass is 16.7. The van der Waals surface area contributed by atoms with Crippen molar-refractivity contribution >= 4 is 12.3 Å². The minimum absolute atomic E-state index is 0.231. The van der Waals surface area contributed by atoms with Gasteiger partial charge in [-0.3, -0.25) is 0 Å². The molecule has 0 aliphatic rings. The third-order valence-corrected chi connectivity index (χ3v) is 0.536. The second kappa shape index (κ2) is 22.6. The first-order valence-corrected chi connectivity index (χ1v) is 5.94. The topological polar surface area (TPSA) is 99.5 Å². The third kappa shape index (κ3) is 198. The first-order chi connectivity index (χ1) is 9.00. The number of rotatable bonds is 2. The molecule has 0 aromatic heterocycles. The van der Waals surface area contributed by atoms with Crippen LogP contribution in [-0.4, -0.2) is 87.8 Å². The van der Waals surface area contributed by atoms with Crippen LogP contribution in [0, 0.1) is 0 Å². The first kappa shape index (κ1) is 26.9. The maximum absolute atomic E-state index is 9.38. The molecule has 2 N–H and O–H groups in total. The van der Waals surface area contributed by atoms with Gasteiger partial charge >= 0.3 is 12.3 Å². The Morgan fingerprint density at radius 1 is 0.750 bits per heavy atom. The molecule has 0 aromatic carbocycles. The van der Waals surface area contributed by atoms with Crippen molar-refractivity contribution in [2.24, 2.45) is 0 Å². The Morgan fingerprint density at radius 3 is 0.900 bits per heavy atom. The molecule has 124 valence electrons. The second-order valence-corrected chi connectivity index (χ2v) is 4.08. The Bertz CT molecular complexity index is 183. The van der Waals surface area contributed by atoms with E-state index in [1.165, 1.54) is 0 Å². The van der Waals surface area contributed by atoms with E-state index >= 15 is 0 Å². The molecule has 0 unspecified atom stereocenters. The maximum Gasteiger partial charge on any atom is 0.505 e. The lowest BCUT2D eigenvalue weighted by Gasteiger charge is -1.90. The highest BCUT2D eigenvalue weighted by Crippen LogP contribution is 1.70. The normalized spacial score (nSPS) is 8.10. The molecule has 20 heavy (non-hydrogen) atoms. The van der Waals surface area contributed by atoms with Gasteiger partial charge in [0.15, 0.2) is 0 Å². The molecule has 0 fully saturated rings. The SMILES string of the molecule is CCOC(=O)O.CCOC(=O)O.CN(C)C.CN(C)C. The molecule has 0 rings (SSSR count). The molecule has 8 nitrogen and oxygen atoms in total. The molecule has 0 atom stereocenters. The zero-order chi connectivity index (χ0) is 17.1. The number of carboxylic acid groups (broad SMARTS) is 2. The largest absolute Gasteiger partial charge is 0.505 e. The van der Waals surface area contributed by atoms with Gasteiger partial charge in [0.1, 0.15) is 0 Å². The van der Waals surface area contributed by atoms with E-state index in [4.69, 9.17) is 10.2 Å². The summed E-state index contributed by atoms with van der Waals surface area (Å²) in [5.41, 5.74) is 0. The molecule has 0 heterocycles. The molecular weight excluding hydrogens is 268 g/mol. The van der Waals surface area contributed by atoms with Gasteiger partial charge in [-0.2, -0.15) is 0 Å². The molecule has 0 radical (unpaired) electrons. The number of ether oxygens (including phenoxy) is 2. The zero-order valence-corrected chi connectivity index (χ0v) is 13.8. The van der Waals surface area contributed by atoms with Crippen molar-refractivity contribution in [1.82, 2.24) is 9.80 Å². The van der Waals surface area contributed by atoms with Gasteiger partial charge in [0.2, 0.25) is 0 Å². The fourth-order valence-corrected chi connectivity index (χ4v) is 0.247. The molecule has 0 amide bonds. The lowest BCUT2D eigenvalue weighted by Crippen LogP contribution is -1.99. The third-order valence-electron chi connectivity index (χ3n) is 0.536. The van der Waals surface area contributed by atoms with Crippen LogP contribution in [0.1, 0.15) is 13.8 Å². The monoisotopic (exact) mass is 298 g/mol. The van der Waals surface area contributed by atoms with Crippen LogP contribution in [0.4, 0.5) is 9.59 Å². The van der Waals surface area contributed by atoms with Gasteiger partial charge < -0.3 is 29.5 Å². The van der Waals surface area contributed by atoms with E-state index < -0.39 is 12.3 Å². The summed E-state index contributed by atoms with van der Waals surface area (Å²) in [6.45, 7) is 3.70. The van der Waals surface area contributed by atoms with Crippen LogP contribution in [0.25, 0.3) is 0 Å². The zero-order valence-electron chi connectivity index (χ0n) is 13.8. The minimum Gasteiger partial charge on any atom is -0.450 e.